The average molecular weight is 309 g/mol. The molecule has 6 nitrogen and oxygen atoms in total. The molecule has 0 aliphatic heterocycles. The number of hydrogen-bond acceptors (Lipinski definition) is 5. The number of nitrogen functional groups attached to an aromatic ring is 2. The molecule has 0 aliphatic rings. The summed E-state index contributed by atoms with van der Waals surface area (Å²) in [6, 6.07) is 5.34. The SMILES string of the molecule is Nc1nc(N)c2ncn(Cc3c(Cl)cccc3Cl)c2n1. The number of fused-ring (bicyclic) bond motifs is 1. The first-order valence-corrected chi connectivity index (χ1v) is 6.48. The molecule has 0 saturated heterocycles. The van der Waals surface area contributed by atoms with Crippen LogP contribution < -0.4 is 11.5 Å². The van der Waals surface area contributed by atoms with E-state index in [1.807, 2.05) is 0 Å². The zero-order valence-electron chi connectivity index (χ0n) is 10.2. The number of anilines is 2. The number of aromatic nitrogens is 4. The van der Waals surface area contributed by atoms with Crippen molar-refractivity contribution in [1.82, 2.24) is 19.5 Å². The summed E-state index contributed by atoms with van der Waals surface area (Å²) in [5.41, 5.74) is 13.2. The molecule has 0 spiro atoms. The molecular formula is C12H10Cl2N6. The standard InChI is InChI=1S/C12H10Cl2N6/c13-7-2-1-3-8(14)6(7)4-20-5-17-9-10(15)18-12(16)19-11(9)20/h1-3,5H,4H2,(H4,15,16,18,19). The van der Waals surface area contributed by atoms with E-state index in [1.54, 1.807) is 29.1 Å². The second-order valence-electron chi connectivity index (χ2n) is 4.21. The monoisotopic (exact) mass is 308 g/mol. The van der Waals surface area contributed by atoms with Gasteiger partial charge in [-0.1, -0.05) is 29.3 Å². The van der Waals surface area contributed by atoms with E-state index in [-0.39, 0.29) is 11.8 Å². The smallest absolute Gasteiger partial charge is 0.224 e. The molecule has 0 atom stereocenters. The minimum atomic E-state index is 0.0991. The first-order chi connectivity index (χ1) is 9.56. The number of imidazole rings is 1. The lowest BCUT2D eigenvalue weighted by atomic mass is 10.2. The maximum absolute atomic E-state index is 6.16. The molecule has 0 unspecified atom stereocenters. The quantitative estimate of drug-likeness (QED) is 0.757. The minimum absolute atomic E-state index is 0.0991. The van der Waals surface area contributed by atoms with Crippen LogP contribution in [-0.4, -0.2) is 19.5 Å². The Morgan fingerprint density at radius 2 is 1.80 bits per heavy atom. The van der Waals surface area contributed by atoms with Crippen LogP contribution in [0.4, 0.5) is 11.8 Å². The van der Waals surface area contributed by atoms with E-state index < -0.39 is 0 Å². The highest BCUT2D eigenvalue weighted by Crippen LogP contribution is 2.26. The van der Waals surface area contributed by atoms with Crippen LogP contribution in [0.3, 0.4) is 0 Å². The highest BCUT2D eigenvalue weighted by atomic mass is 35.5. The number of hydrogen-bond donors (Lipinski definition) is 2. The molecule has 2 heterocycles. The summed E-state index contributed by atoms with van der Waals surface area (Å²) in [5, 5.41) is 1.16. The molecule has 20 heavy (non-hydrogen) atoms. The zero-order valence-corrected chi connectivity index (χ0v) is 11.7. The summed E-state index contributed by atoms with van der Waals surface area (Å²) < 4.78 is 1.77. The van der Waals surface area contributed by atoms with Crippen LogP contribution in [-0.2, 0) is 6.54 Å². The van der Waals surface area contributed by atoms with E-state index in [0.717, 1.165) is 5.56 Å². The van der Waals surface area contributed by atoms with Crippen LogP contribution in [0.15, 0.2) is 24.5 Å². The maximum atomic E-state index is 6.16. The molecule has 4 N–H and O–H groups in total. The molecule has 3 aromatic rings. The molecule has 0 amide bonds. The van der Waals surface area contributed by atoms with Gasteiger partial charge >= 0.3 is 0 Å². The van der Waals surface area contributed by atoms with Crippen LogP contribution in [0.5, 0.6) is 0 Å². The van der Waals surface area contributed by atoms with Gasteiger partial charge in [0.05, 0.1) is 12.9 Å². The van der Waals surface area contributed by atoms with Gasteiger partial charge in [-0.05, 0) is 12.1 Å². The molecule has 0 bridgehead atoms. The molecule has 0 radical (unpaired) electrons. The lowest BCUT2D eigenvalue weighted by molar-refractivity contribution is 0.814. The van der Waals surface area contributed by atoms with E-state index in [4.69, 9.17) is 34.7 Å². The van der Waals surface area contributed by atoms with Crippen LogP contribution in [0.2, 0.25) is 10.0 Å². The fraction of sp³-hybridized carbons (Fsp3) is 0.0833. The van der Waals surface area contributed by atoms with Gasteiger partial charge in [0.2, 0.25) is 5.95 Å². The Morgan fingerprint density at radius 1 is 1.10 bits per heavy atom. The van der Waals surface area contributed by atoms with Crippen molar-refractivity contribution in [3.8, 4) is 0 Å². The van der Waals surface area contributed by atoms with E-state index in [2.05, 4.69) is 15.0 Å². The van der Waals surface area contributed by atoms with Crippen molar-refractivity contribution in [1.29, 1.82) is 0 Å². The number of rotatable bonds is 2. The number of nitrogens with two attached hydrogens (primary N) is 2. The minimum Gasteiger partial charge on any atom is -0.382 e. The fourth-order valence-electron chi connectivity index (χ4n) is 1.95. The zero-order chi connectivity index (χ0) is 14.3. The van der Waals surface area contributed by atoms with Crippen molar-refractivity contribution in [2.45, 2.75) is 6.54 Å². The van der Waals surface area contributed by atoms with Crippen molar-refractivity contribution in [3.05, 3.63) is 40.1 Å². The van der Waals surface area contributed by atoms with Gasteiger partial charge in [-0.2, -0.15) is 9.97 Å². The molecule has 2 aromatic heterocycles. The van der Waals surface area contributed by atoms with Crippen LogP contribution in [0.1, 0.15) is 5.56 Å². The van der Waals surface area contributed by atoms with Gasteiger partial charge in [0.25, 0.3) is 0 Å². The van der Waals surface area contributed by atoms with Gasteiger partial charge in [-0.25, -0.2) is 4.98 Å². The summed E-state index contributed by atoms with van der Waals surface area (Å²) in [5.74, 6) is 0.346. The number of benzene rings is 1. The first kappa shape index (κ1) is 13.0. The molecular weight excluding hydrogens is 299 g/mol. The summed E-state index contributed by atoms with van der Waals surface area (Å²) in [7, 11) is 0. The summed E-state index contributed by atoms with van der Waals surface area (Å²) in [6.45, 7) is 0.422. The second-order valence-corrected chi connectivity index (χ2v) is 5.03. The van der Waals surface area contributed by atoms with E-state index >= 15 is 0 Å². The fourth-order valence-corrected chi connectivity index (χ4v) is 2.47. The second kappa shape index (κ2) is 4.81. The third-order valence-electron chi connectivity index (χ3n) is 2.90. The molecule has 102 valence electrons. The van der Waals surface area contributed by atoms with E-state index in [9.17, 15) is 0 Å². The first-order valence-electron chi connectivity index (χ1n) is 5.73. The molecule has 0 saturated carbocycles. The van der Waals surface area contributed by atoms with Gasteiger partial charge in [0.1, 0.15) is 5.52 Å². The summed E-state index contributed by atoms with van der Waals surface area (Å²) in [4.78, 5) is 12.2. The molecule has 0 fully saturated rings. The predicted molar refractivity (Wildman–Crippen MR) is 79.7 cm³/mol. The topological polar surface area (TPSA) is 95.6 Å². The van der Waals surface area contributed by atoms with Gasteiger partial charge in [0, 0.05) is 15.6 Å². The molecule has 0 aliphatic carbocycles. The average Bonchev–Trinajstić information content (AvgIpc) is 2.77. The third kappa shape index (κ3) is 2.13. The van der Waals surface area contributed by atoms with Crippen molar-refractivity contribution in [2.24, 2.45) is 0 Å². The van der Waals surface area contributed by atoms with Crippen molar-refractivity contribution in [2.75, 3.05) is 11.5 Å². The maximum Gasteiger partial charge on any atom is 0.224 e. The number of nitrogens with zero attached hydrogens (tertiary/aromatic N) is 4. The Hall–Kier alpha value is -2.05. The Kier molecular flexibility index (Phi) is 3.11. The molecule has 1 aromatic carbocycles. The Bertz CT molecular complexity index is 778. The lowest BCUT2D eigenvalue weighted by Gasteiger charge is -2.08. The Labute approximate surface area is 124 Å². The highest BCUT2D eigenvalue weighted by Gasteiger charge is 2.12. The van der Waals surface area contributed by atoms with Crippen LogP contribution in [0.25, 0.3) is 11.2 Å². The third-order valence-corrected chi connectivity index (χ3v) is 3.61. The number of halogens is 2. The normalized spacial score (nSPS) is 11.1. The summed E-state index contributed by atoms with van der Waals surface area (Å²) >= 11 is 12.3. The van der Waals surface area contributed by atoms with Crippen molar-refractivity contribution < 1.29 is 0 Å². The van der Waals surface area contributed by atoms with Gasteiger partial charge in [-0.15, -0.1) is 0 Å². The van der Waals surface area contributed by atoms with Gasteiger partial charge < -0.3 is 16.0 Å². The summed E-state index contributed by atoms with van der Waals surface area (Å²) in [6.07, 6.45) is 1.61. The molecule has 8 heteroatoms. The van der Waals surface area contributed by atoms with E-state index in [1.165, 1.54) is 0 Å². The van der Waals surface area contributed by atoms with Gasteiger partial charge in [-0.3, -0.25) is 0 Å². The highest BCUT2D eigenvalue weighted by molar-refractivity contribution is 6.36. The van der Waals surface area contributed by atoms with Gasteiger partial charge in [0.15, 0.2) is 11.5 Å². The van der Waals surface area contributed by atoms with Crippen LogP contribution in [0, 0.1) is 0 Å². The largest absolute Gasteiger partial charge is 0.382 e. The lowest BCUT2D eigenvalue weighted by Crippen LogP contribution is -2.04. The Morgan fingerprint density at radius 3 is 2.50 bits per heavy atom. The predicted octanol–water partition coefficient (Wildman–Crippen LogP) is 2.35. The Balaban J connectivity index is 2.12. The van der Waals surface area contributed by atoms with Crippen LogP contribution >= 0.6 is 23.2 Å². The van der Waals surface area contributed by atoms with E-state index in [0.29, 0.717) is 27.8 Å². The van der Waals surface area contributed by atoms with Crippen molar-refractivity contribution in [3.63, 3.8) is 0 Å². The molecule has 3 rings (SSSR count). The van der Waals surface area contributed by atoms with Crippen molar-refractivity contribution >= 4 is 46.1 Å².